The molecule has 27 heavy (non-hydrogen) atoms. The summed E-state index contributed by atoms with van der Waals surface area (Å²) in [7, 11) is -3.75. The number of esters is 1. The summed E-state index contributed by atoms with van der Waals surface area (Å²) in [4.78, 5) is 25.4. The second kappa shape index (κ2) is 7.89. The molecule has 1 aliphatic heterocycles. The van der Waals surface area contributed by atoms with Crippen LogP contribution in [0.5, 0.6) is 5.75 Å². The van der Waals surface area contributed by atoms with E-state index in [-0.39, 0.29) is 29.5 Å². The Morgan fingerprint density at radius 2 is 1.59 bits per heavy atom. The van der Waals surface area contributed by atoms with Gasteiger partial charge >= 0.3 is 5.97 Å². The number of rotatable bonds is 4. The third-order valence-corrected chi connectivity index (χ3v) is 6.24. The van der Waals surface area contributed by atoms with Crippen LogP contribution in [-0.2, 0) is 14.8 Å². The van der Waals surface area contributed by atoms with Gasteiger partial charge in [-0.3, -0.25) is 4.79 Å². The first kappa shape index (κ1) is 19.1. The molecule has 7 nitrogen and oxygen atoms in total. The number of para-hydroxylation sites is 1. The summed E-state index contributed by atoms with van der Waals surface area (Å²) in [6.45, 7) is 2.61. The van der Waals surface area contributed by atoms with Crippen molar-refractivity contribution in [1.82, 2.24) is 9.21 Å². The monoisotopic (exact) mass is 388 g/mol. The molecule has 2 aromatic carbocycles. The highest BCUT2D eigenvalue weighted by Gasteiger charge is 2.29. The fraction of sp³-hybridized carbons (Fsp3) is 0.263. The minimum Gasteiger partial charge on any atom is -0.423 e. The highest BCUT2D eigenvalue weighted by atomic mass is 32.2. The van der Waals surface area contributed by atoms with Crippen LogP contribution in [0, 0.1) is 0 Å². The van der Waals surface area contributed by atoms with Gasteiger partial charge in [-0.15, -0.1) is 0 Å². The molecule has 1 aliphatic rings. The molecule has 2 aromatic rings. The second-order valence-corrected chi connectivity index (χ2v) is 8.08. The molecule has 0 aliphatic carbocycles. The molecule has 0 spiro atoms. The molecule has 0 saturated carbocycles. The summed E-state index contributed by atoms with van der Waals surface area (Å²) in [5, 5.41) is 0. The lowest BCUT2D eigenvalue weighted by Crippen LogP contribution is -2.49. The van der Waals surface area contributed by atoms with Gasteiger partial charge in [0.15, 0.2) is 0 Å². The molecule has 8 heteroatoms. The highest BCUT2D eigenvalue weighted by molar-refractivity contribution is 7.89. The lowest BCUT2D eigenvalue weighted by atomic mass is 10.2. The van der Waals surface area contributed by atoms with Crippen LogP contribution in [0.1, 0.15) is 17.3 Å². The van der Waals surface area contributed by atoms with Gasteiger partial charge in [-0.05, 0) is 30.3 Å². The number of carbonyl (C=O) groups is 2. The van der Waals surface area contributed by atoms with Gasteiger partial charge in [0.1, 0.15) is 5.75 Å². The first-order chi connectivity index (χ1) is 12.9. The van der Waals surface area contributed by atoms with E-state index in [0.717, 1.165) is 0 Å². The van der Waals surface area contributed by atoms with E-state index >= 15 is 0 Å². The van der Waals surface area contributed by atoms with Crippen LogP contribution in [0.4, 0.5) is 0 Å². The molecule has 1 saturated heterocycles. The Balaban J connectivity index is 1.76. The predicted molar refractivity (Wildman–Crippen MR) is 98.9 cm³/mol. The maximum absolute atomic E-state index is 12.9. The number of hydrogen-bond acceptors (Lipinski definition) is 5. The lowest BCUT2D eigenvalue weighted by molar-refractivity contribution is -0.129. The van der Waals surface area contributed by atoms with E-state index in [1.54, 1.807) is 35.2 Å². The van der Waals surface area contributed by atoms with Crippen molar-refractivity contribution in [1.29, 1.82) is 0 Å². The fourth-order valence-electron chi connectivity index (χ4n) is 2.83. The largest absolute Gasteiger partial charge is 0.423 e. The molecule has 0 bridgehead atoms. The lowest BCUT2D eigenvalue weighted by Gasteiger charge is -2.33. The number of hydrogen-bond donors (Lipinski definition) is 0. The van der Waals surface area contributed by atoms with Crippen molar-refractivity contribution in [3.05, 3.63) is 60.2 Å². The van der Waals surface area contributed by atoms with Gasteiger partial charge in [-0.1, -0.05) is 24.3 Å². The maximum atomic E-state index is 12.9. The molecule has 1 amide bonds. The quantitative estimate of drug-likeness (QED) is 0.589. The minimum atomic E-state index is -3.75. The average Bonchev–Trinajstić information content (AvgIpc) is 2.69. The zero-order valence-corrected chi connectivity index (χ0v) is 15.7. The van der Waals surface area contributed by atoms with Gasteiger partial charge < -0.3 is 9.64 Å². The van der Waals surface area contributed by atoms with Gasteiger partial charge in [0.05, 0.1) is 10.5 Å². The molecule has 1 heterocycles. The number of sulfonamides is 1. The Bertz CT molecular complexity index is 936. The van der Waals surface area contributed by atoms with Gasteiger partial charge in [0.2, 0.25) is 15.9 Å². The van der Waals surface area contributed by atoms with Crippen molar-refractivity contribution in [3.8, 4) is 5.75 Å². The number of nitrogens with zero attached hydrogens (tertiary/aromatic N) is 2. The van der Waals surface area contributed by atoms with E-state index in [1.165, 1.54) is 35.5 Å². The topological polar surface area (TPSA) is 84.0 Å². The van der Waals surface area contributed by atoms with Crippen molar-refractivity contribution < 1.29 is 22.7 Å². The SMILES string of the molecule is CC(=O)N1CCN(S(=O)(=O)c2cccc(C(=O)Oc3ccccc3)c2)CC1. The van der Waals surface area contributed by atoms with Crippen molar-refractivity contribution >= 4 is 21.9 Å². The molecule has 3 rings (SSSR count). The minimum absolute atomic E-state index is 0.0290. The van der Waals surface area contributed by atoms with E-state index in [2.05, 4.69) is 0 Å². The van der Waals surface area contributed by atoms with Gasteiger partial charge in [-0.2, -0.15) is 4.31 Å². The van der Waals surface area contributed by atoms with Crippen LogP contribution in [0.15, 0.2) is 59.5 Å². The predicted octanol–water partition coefficient (Wildman–Crippen LogP) is 1.76. The Labute approximate surface area is 158 Å². The molecule has 0 N–H and O–H groups in total. The van der Waals surface area contributed by atoms with E-state index in [4.69, 9.17) is 4.74 Å². The average molecular weight is 388 g/mol. The summed E-state index contributed by atoms with van der Waals surface area (Å²) >= 11 is 0. The number of ether oxygens (including phenoxy) is 1. The molecular weight excluding hydrogens is 368 g/mol. The summed E-state index contributed by atoms with van der Waals surface area (Å²) in [6.07, 6.45) is 0. The first-order valence-corrected chi connectivity index (χ1v) is 9.95. The zero-order valence-electron chi connectivity index (χ0n) is 14.9. The Morgan fingerprint density at radius 3 is 2.22 bits per heavy atom. The summed E-state index contributed by atoms with van der Waals surface area (Å²) in [5.41, 5.74) is 0.155. The third-order valence-electron chi connectivity index (χ3n) is 4.35. The molecule has 0 atom stereocenters. The van der Waals surface area contributed by atoms with Gasteiger partial charge in [-0.25, -0.2) is 13.2 Å². The molecular formula is C19H20N2O5S. The van der Waals surface area contributed by atoms with Crippen LogP contribution in [0.25, 0.3) is 0 Å². The Kier molecular flexibility index (Phi) is 5.57. The van der Waals surface area contributed by atoms with Crippen molar-refractivity contribution in [2.24, 2.45) is 0 Å². The molecule has 1 fully saturated rings. The summed E-state index contributed by atoms with van der Waals surface area (Å²) < 4.78 is 32.3. The number of piperazine rings is 1. The van der Waals surface area contributed by atoms with Crippen molar-refractivity contribution in [3.63, 3.8) is 0 Å². The smallest absolute Gasteiger partial charge is 0.343 e. The number of carbonyl (C=O) groups excluding carboxylic acids is 2. The highest BCUT2D eigenvalue weighted by Crippen LogP contribution is 2.20. The van der Waals surface area contributed by atoms with Crippen LogP contribution in [-0.4, -0.2) is 55.7 Å². The third kappa shape index (κ3) is 4.35. The van der Waals surface area contributed by atoms with E-state index in [0.29, 0.717) is 18.8 Å². The number of amides is 1. The fourth-order valence-corrected chi connectivity index (χ4v) is 4.30. The van der Waals surface area contributed by atoms with Gasteiger partial charge in [0.25, 0.3) is 0 Å². The van der Waals surface area contributed by atoms with Crippen molar-refractivity contribution in [2.75, 3.05) is 26.2 Å². The van der Waals surface area contributed by atoms with Crippen LogP contribution >= 0.6 is 0 Å². The van der Waals surface area contributed by atoms with Crippen LogP contribution < -0.4 is 4.74 Å². The summed E-state index contributed by atoms with van der Waals surface area (Å²) in [5.74, 6) is -0.312. The standard InChI is InChI=1S/C19H20N2O5S/c1-15(22)20-10-12-21(13-11-20)27(24,25)18-9-5-6-16(14-18)19(23)26-17-7-3-2-4-8-17/h2-9,14H,10-13H2,1H3. The normalized spacial score (nSPS) is 15.4. The summed E-state index contributed by atoms with van der Waals surface area (Å²) in [6, 6.07) is 14.4. The van der Waals surface area contributed by atoms with E-state index in [9.17, 15) is 18.0 Å². The molecule has 0 aromatic heterocycles. The van der Waals surface area contributed by atoms with Gasteiger partial charge in [0, 0.05) is 33.1 Å². The molecule has 0 unspecified atom stereocenters. The zero-order chi connectivity index (χ0) is 19.4. The first-order valence-electron chi connectivity index (χ1n) is 8.51. The Hall–Kier alpha value is -2.71. The Morgan fingerprint density at radius 1 is 0.926 bits per heavy atom. The van der Waals surface area contributed by atoms with Crippen molar-refractivity contribution in [2.45, 2.75) is 11.8 Å². The molecule has 0 radical (unpaired) electrons. The van der Waals surface area contributed by atoms with Crippen LogP contribution in [0.3, 0.4) is 0 Å². The van der Waals surface area contributed by atoms with E-state index < -0.39 is 16.0 Å². The molecule has 142 valence electrons. The second-order valence-electron chi connectivity index (χ2n) is 6.14. The van der Waals surface area contributed by atoms with Crippen LogP contribution in [0.2, 0.25) is 0 Å². The van der Waals surface area contributed by atoms with E-state index in [1.807, 2.05) is 0 Å². The number of benzene rings is 2. The maximum Gasteiger partial charge on any atom is 0.343 e.